The van der Waals surface area contributed by atoms with Crippen molar-refractivity contribution in [2.24, 2.45) is 5.73 Å². The van der Waals surface area contributed by atoms with Gasteiger partial charge in [-0.05, 0) is 30.7 Å². The molecule has 0 aliphatic carbocycles. The molecule has 2 rings (SSSR count). The highest BCUT2D eigenvalue weighted by Gasteiger charge is 2.06. The van der Waals surface area contributed by atoms with E-state index in [2.05, 4.69) is 15.3 Å². The fraction of sp³-hybridized carbons (Fsp3) is 0.231. The zero-order valence-electron chi connectivity index (χ0n) is 10.6. The van der Waals surface area contributed by atoms with E-state index in [1.807, 2.05) is 24.3 Å². The van der Waals surface area contributed by atoms with Gasteiger partial charge in [0.25, 0.3) is 0 Å². The molecule has 1 aromatic heterocycles. The highest BCUT2D eigenvalue weighted by Crippen LogP contribution is 2.24. The minimum Gasteiger partial charge on any atom is -0.467 e. The summed E-state index contributed by atoms with van der Waals surface area (Å²) in [5.74, 6) is 0.514. The number of halogens is 1. The molecule has 0 saturated heterocycles. The van der Waals surface area contributed by atoms with Crippen LogP contribution < -0.4 is 15.8 Å². The molecular formula is C13H15ClN4O. The van der Waals surface area contributed by atoms with Crippen LogP contribution in [0.1, 0.15) is 5.56 Å². The van der Waals surface area contributed by atoms with E-state index >= 15 is 0 Å². The predicted octanol–water partition coefficient (Wildman–Crippen LogP) is 2.38. The van der Waals surface area contributed by atoms with Crippen molar-refractivity contribution < 1.29 is 4.74 Å². The second-order valence-electron chi connectivity index (χ2n) is 3.91. The largest absolute Gasteiger partial charge is 0.467 e. The number of ether oxygens (including phenoxy) is 1. The summed E-state index contributed by atoms with van der Waals surface area (Å²) < 4.78 is 4.96. The summed E-state index contributed by atoms with van der Waals surface area (Å²) in [6.45, 7) is 0.641. The fourth-order valence-electron chi connectivity index (χ4n) is 1.60. The smallest absolute Gasteiger partial charge is 0.318 e. The summed E-state index contributed by atoms with van der Waals surface area (Å²) in [4.78, 5) is 8.07. The fourth-order valence-corrected chi connectivity index (χ4v) is 1.73. The second kappa shape index (κ2) is 6.36. The third-order valence-corrected chi connectivity index (χ3v) is 2.83. The van der Waals surface area contributed by atoms with Crippen molar-refractivity contribution in [2.45, 2.75) is 6.42 Å². The number of hydrogen-bond acceptors (Lipinski definition) is 5. The molecule has 5 nitrogen and oxygen atoms in total. The maximum Gasteiger partial charge on any atom is 0.318 e. The van der Waals surface area contributed by atoms with Gasteiger partial charge in [0.2, 0.25) is 0 Å². The molecule has 0 aliphatic rings. The van der Waals surface area contributed by atoms with Gasteiger partial charge >= 0.3 is 6.01 Å². The first-order valence-corrected chi connectivity index (χ1v) is 6.23. The van der Waals surface area contributed by atoms with Crippen LogP contribution in [0, 0.1) is 0 Å². The zero-order valence-corrected chi connectivity index (χ0v) is 11.3. The molecule has 19 heavy (non-hydrogen) atoms. The molecule has 1 heterocycles. The standard InChI is InChI=1S/C13H15ClN4O/c1-19-13-16-8-11(14)12(18-13)17-10-4-2-9(3-5-10)6-7-15/h2-5,8H,6-7,15H2,1H3,(H,16,17,18). The first-order chi connectivity index (χ1) is 9.22. The van der Waals surface area contributed by atoms with E-state index in [0.717, 1.165) is 12.1 Å². The number of aromatic nitrogens is 2. The molecule has 100 valence electrons. The number of nitrogens with two attached hydrogens (primary N) is 1. The van der Waals surface area contributed by atoms with E-state index in [9.17, 15) is 0 Å². The van der Waals surface area contributed by atoms with Crippen molar-refractivity contribution in [3.8, 4) is 6.01 Å². The van der Waals surface area contributed by atoms with Crippen LogP contribution >= 0.6 is 11.6 Å². The van der Waals surface area contributed by atoms with Crippen LogP contribution in [0.25, 0.3) is 0 Å². The third-order valence-electron chi connectivity index (χ3n) is 2.55. The Labute approximate surface area is 116 Å². The minimum atomic E-state index is 0.270. The van der Waals surface area contributed by atoms with Crippen LogP contribution in [0.5, 0.6) is 6.01 Å². The summed E-state index contributed by atoms with van der Waals surface area (Å²) in [7, 11) is 1.51. The highest BCUT2D eigenvalue weighted by molar-refractivity contribution is 6.32. The van der Waals surface area contributed by atoms with Crippen molar-refractivity contribution in [1.82, 2.24) is 9.97 Å². The Morgan fingerprint density at radius 1 is 1.32 bits per heavy atom. The van der Waals surface area contributed by atoms with Gasteiger partial charge in [-0.25, -0.2) is 4.98 Å². The normalized spacial score (nSPS) is 10.3. The van der Waals surface area contributed by atoms with Crippen molar-refractivity contribution in [2.75, 3.05) is 19.0 Å². The molecule has 0 bridgehead atoms. The number of anilines is 2. The minimum absolute atomic E-state index is 0.270. The maximum atomic E-state index is 6.02. The Bertz CT molecular complexity index is 545. The molecule has 6 heteroatoms. The summed E-state index contributed by atoms with van der Waals surface area (Å²) in [5, 5.41) is 3.56. The van der Waals surface area contributed by atoms with Gasteiger partial charge in [-0.1, -0.05) is 23.7 Å². The van der Waals surface area contributed by atoms with Gasteiger partial charge in [-0.2, -0.15) is 4.98 Å². The lowest BCUT2D eigenvalue weighted by Gasteiger charge is -2.09. The van der Waals surface area contributed by atoms with Gasteiger partial charge in [0, 0.05) is 5.69 Å². The number of rotatable bonds is 5. The van der Waals surface area contributed by atoms with Crippen LogP contribution in [0.15, 0.2) is 30.5 Å². The van der Waals surface area contributed by atoms with E-state index in [1.54, 1.807) is 0 Å². The van der Waals surface area contributed by atoms with Crippen LogP contribution in [-0.2, 0) is 6.42 Å². The maximum absolute atomic E-state index is 6.02. The van der Waals surface area contributed by atoms with Crippen LogP contribution in [0.3, 0.4) is 0 Å². The Hall–Kier alpha value is -1.85. The Morgan fingerprint density at radius 2 is 2.05 bits per heavy atom. The lowest BCUT2D eigenvalue weighted by molar-refractivity contribution is 0.380. The summed E-state index contributed by atoms with van der Waals surface area (Å²) in [6, 6.07) is 8.21. The molecule has 0 atom stereocenters. The first-order valence-electron chi connectivity index (χ1n) is 5.85. The second-order valence-corrected chi connectivity index (χ2v) is 4.32. The SMILES string of the molecule is COc1ncc(Cl)c(Nc2ccc(CCN)cc2)n1. The topological polar surface area (TPSA) is 73.1 Å². The Morgan fingerprint density at radius 3 is 2.68 bits per heavy atom. The van der Waals surface area contributed by atoms with E-state index in [4.69, 9.17) is 22.1 Å². The average molecular weight is 279 g/mol. The number of nitrogens with one attached hydrogen (secondary N) is 1. The molecule has 3 N–H and O–H groups in total. The van der Waals surface area contributed by atoms with Gasteiger partial charge in [0.1, 0.15) is 5.02 Å². The molecule has 0 aliphatic heterocycles. The lowest BCUT2D eigenvalue weighted by atomic mass is 10.1. The molecule has 0 amide bonds. The van der Waals surface area contributed by atoms with Gasteiger partial charge in [0.05, 0.1) is 13.3 Å². The van der Waals surface area contributed by atoms with Gasteiger partial charge in [0.15, 0.2) is 5.82 Å². The van der Waals surface area contributed by atoms with Crippen molar-refractivity contribution in [3.63, 3.8) is 0 Å². The molecule has 0 fully saturated rings. The molecule has 0 saturated carbocycles. The van der Waals surface area contributed by atoms with E-state index in [-0.39, 0.29) is 6.01 Å². The van der Waals surface area contributed by atoms with Crippen molar-refractivity contribution >= 4 is 23.1 Å². The van der Waals surface area contributed by atoms with E-state index in [1.165, 1.54) is 18.9 Å². The summed E-state index contributed by atoms with van der Waals surface area (Å²) >= 11 is 6.02. The number of nitrogens with zero attached hydrogens (tertiary/aromatic N) is 2. The quantitative estimate of drug-likeness (QED) is 0.878. The molecule has 0 spiro atoms. The molecule has 0 unspecified atom stereocenters. The molecule has 1 aromatic carbocycles. The number of benzene rings is 1. The Kier molecular flexibility index (Phi) is 4.54. The van der Waals surface area contributed by atoms with Crippen LogP contribution in [-0.4, -0.2) is 23.6 Å². The highest BCUT2D eigenvalue weighted by atomic mass is 35.5. The molecular weight excluding hydrogens is 264 g/mol. The van der Waals surface area contributed by atoms with Crippen molar-refractivity contribution in [1.29, 1.82) is 0 Å². The van der Waals surface area contributed by atoms with Gasteiger partial charge < -0.3 is 15.8 Å². The van der Waals surface area contributed by atoms with E-state index < -0.39 is 0 Å². The zero-order chi connectivity index (χ0) is 13.7. The van der Waals surface area contributed by atoms with Crippen molar-refractivity contribution in [3.05, 3.63) is 41.0 Å². The van der Waals surface area contributed by atoms with E-state index in [0.29, 0.717) is 17.4 Å². The average Bonchev–Trinajstić information content (AvgIpc) is 2.44. The van der Waals surface area contributed by atoms with Gasteiger partial charge in [-0.3, -0.25) is 0 Å². The molecule has 0 radical (unpaired) electrons. The van der Waals surface area contributed by atoms with Crippen LogP contribution in [0.2, 0.25) is 5.02 Å². The number of methoxy groups -OCH3 is 1. The monoisotopic (exact) mass is 278 g/mol. The van der Waals surface area contributed by atoms with Gasteiger partial charge in [-0.15, -0.1) is 0 Å². The Balaban J connectivity index is 2.16. The third kappa shape index (κ3) is 3.56. The summed E-state index contributed by atoms with van der Waals surface area (Å²) in [5.41, 5.74) is 7.60. The number of hydrogen-bond donors (Lipinski definition) is 2. The summed E-state index contributed by atoms with van der Waals surface area (Å²) in [6.07, 6.45) is 2.36. The lowest BCUT2D eigenvalue weighted by Crippen LogP contribution is -2.03. The molecule has 2 aromatic rings. The predicted molar refractivity (Wildman–Crippen MR) is 76.1 cm³/mol. The van der Waals surface area contributed by atoms with Crippen LogP contribution in [0.4, 0.5) is 11.5 Å². The first kappa shape index (κ1) is 13.6.